The minimum absolute atomic E-state index is 0.262. The van der Waals surface area contributed by atoms with Gasteiger partial charge in [-0.05, 0) is 36.4 Å². The highest BCUT2D eigenvalue weighted by Crippen LogP contribution is 2.33. The molecule has 25 heavy (non-hydrogen) atoms. The summed E-state index contributed by atoms with van der Waals surface area (Å²) in [6.07, 6.45) is 1.38. The molecule has 0 atom stereocenters. The third-order valence-electron chi connectivity index (χ3n) is 3.48. The number of rotatable bonds is 6. The summed E-state index contributed by atoms with van der Waals surface area (Å²) in [4.78, 5) is 8.28. The van der Waals surface area contributed by atoms with Gasteiger partial charge in [0, 0.05) is 0 Å². The zero-order chi connectivity index (χ0) is 17.6. The van der Waals surface area contributed by atoms with E-state index in [2.05, 4.69) is 15.3 Å². The maximum Gasteiger partial charge on any atom is 0.248 e. The number of nitrogens with one attached hydrogen (secondary N) is 1. The van der Waals surface area contributed by atoms with E-state index in [1.165, 1.54) is 6.33 Å². The number of methoxy groups -OCH3 is 2. The van der Waals surface area contributed by atoms with E-state index in [-0.39, 0.29) is 5.88 Å². The Bertz CT molecular complexity index is 853. The lowest BCUT2D eigenvalue weighted by Gasteiger charge is -2.13. The van der Waals surface area contributed by atoms with Crippen molar-refractivity contribution >= 4 is 17.2 Å². The zero-order valence-corrected chi connectivity index (χ0v) is 13.9. The molecule has 0 aliphatic carbocycles. The summed E-state index contributed by atoms with van der Waals surface area (Å²) in [5.74, 6) is 2.70. The molecular formula is C18H18N4O3. The van der Waals surface area contributed by atoms with Crippen LogP contribution in [-0.2, 0) is 0 Å². The molecule has 0 unspecified atom stereocenters. The monoisotopic (exact) mass is 338 g/mol. The van der Waals surface area contributed by atoms with Gasteiger partial charge in [-0.15, -0.1) is 0 Å². The Morgan fingerprint density at radius 2 is 1.60 bits per heavy atom. The second-order valence-electron chi connectivity index (χ2n) is 5.04. The van der Waals surface area contributed by atoms with Gasteiger partial charge in [0.2, 0.25) is 5.88 Å². The SMILES string of the molecule is COc1ccc(Oc2ncnc(Nc3ccccc3OC)c2N)cc1. The summed E-state index contributed by atoms with van der Waals surface area (Å²) in [6, 6.07) is 14.6. The van der Waals surface area contributed by atoms with Gasteiger partial charge in [-0.1, -0.05) is 12.1 Å². The highest BCUT2D eigenvalue weighted by atomic mass is 16.5. The molecule has 0 fully saturated rings. The van der Waals surface area contributed by atoms with Crippen LogP contribution < -0.4 is 25.3 Å². The summed E-state index contributed by atoms with van der Waals surface area (Å²) >= 11 is 0. The Hall–Kier alpha value is -3.48. The average molecular weight is 338 g/mol. The second-order valence-corrected chi connectivity index (χ2v) is 5.04. The number of nitrogens with zero attached hydrogens (tertiary/aromatic N) is 2. The molecule has 2 aromatic carbocycles. The number of hydrogen-bond donors (Lipinski definition) is 2. The maximum absolute atomic E-state index is 6.15. The molecule has 0 radical (unpaired) electrons. The predicted octanol–water partition coefficient (Wildman–Crippen LogP) is 3.61. The molecule has 1 heterocycles. The van der Waals surface area contributed by atoms with Gasteiger partial charge in [0.05, 0.1) is 19.9 Å². The van der Waals surface area contributed by atoms with Gasteiger partial charge < -0.3 is 25.3 Å². The molecule has 0 saturated heterocycles. The van der Waals surface area contributed by atoms with Crippen LogP contribution in [0.25, 0.3) is 0 Å². The van der Waals surface area contributed by atoms with Gasteiger partial charge in [-0.3, -0.25) is 0 Å². The molecule has 0 aliphatic heterocycles. The number of hydrogen-bond acceptors (Lipinski definition) is 7. The van der Waals surface area contributed by atoms with Crippen LogP contribution in [-0.4, -0.2) is 24.2 Å². The van der Waals surface area contributed by atoms with Gasteiger partial charge in [0.15, 0.2) is 5.82 Å². The lowest BCUT2D eigenvalue weighted by molar-refractivity contribution is 0.412. The Morgan fingerprint density at radius 3 is 2.32 bits per heavy atom. The molecule has 0 spiro atoms. The third kappa shape index (κ3) is 3.72. The average Bonchev–Trinajstić information content (AvgIpc) is 2.66. The largest absolute Gasteiger partial charge is 0.497 e. The van der Waals surface area contributed by atoms with Gasteiger partial charge in [-0.25, -0.2) is 4.98 Å². The molecule has 1 aromatic heterocycles. The number of nitrogens with two attached hydrogens (primary N) is 1. The number of ether oxygens (including phenoxy) is 3. The highest BCUT2D eigenvalue weighted by molar-refractivity contribution is 5.74. The summed E-state index contributed by atoms with van der Waals surface area (Å²) in [5.41, 5.74) is 7.19. The van der Waals surface area contributed by atoms with Crippen molar-refractivity contribution in [3.63, 3.8) is 0 Å². The normalized spacial score (nSPS) is 10.2. The van der Waals surface area contributed by atoms with E-state index in [9.17, 15) is 0 Å². The topological polar surface area (TPSA) is 91.5 Å². The lowest BCUT2D eigenvalue weighted by Crippen LogP contribution is -2.04. The van der Waals surface area contributed by atoms with E-state index < -0.39 is 0 Å². The summed E-state index contributed by atoms with van der Waals surface area (Å²) in [7, 11) is 3.20. The van der Waals surface area contributed by atoms with Gasteiger partial charge >= 0.3 is 0 Å². The first kappa shape index (κ1) is 16.4. The molecule has 128 valence electrons. The number of benzene rings is 2. The quantitative estimate of drug-likeness (QED) is 0.709. The molecule has 0 aliphatic rings. The van der Waals surface area contributed by atoms with Crippen LogP contribution in [0, 0.1) is 0 Å². The minimum atomic E-state index is 0.262. The van der Waals surface area contributed by atoms with Crippen molar-refractivity contribution in [3.05, 3.63) is 54.9 Å². The van der Waals surface area contributed by atoms with Gasteiger partial charge in [0.1, 0.15) is 29.3 Å². The van der Waals surface area contributed by atoms with Crippen molar-refractivity contribution in [1.82, 2.24) is 9.97 Å². The Kier molecular flexibility index (Phi) is 4.84. The Labute approximate surface area is 145 Å². The highest BCUT2D eigenvalue weighted by Gasteiger charge is 2.12. The Balaban J connectivity index is 1.84. The first-order valence-electron chi connectivity index (χ1n) is 7.53. The van der Waals surface area contributed by atoms with E-state index in [1.54, 1.807) is 38.5 Å². The van der Waals surface area contributed by atoms with E-state index in [4.69, 9.17) is 19.9 Å². The maximum atomic E-state index is 6.15. The first-order chi connectivity index (χ1) is 12.2. The molecule has 7 heteroatoms. The van der Waals surface area contributed by atoms with Gasteiger partial charge in [0.25, 0.3) is 0 Å². The number of nitrogen functional groups attached to an aromatic ring is 1. The van der Waals surface area contributed by atoms with Gasteiger partial charge in [-0.2, -0.15) is 4.98 Å². The van der Waals surface area contributed by atoms with Crippen LogP contribution in [0.2, 0.25) is 0 Å². The van der Waals surface area contributed by atoms with Crippen molar-refractivity contribution < 1.29 is 14.2 Å². The molecule has 3 N–H and O–H groups in total. The second kappa shape index (κ2) is 7.39. The minimum Gasteiger partial charge on any atom is -0.497 e. The number of para-hydroxylation sites is 2. The van der Waals surface area contributed by atoms with E-state index in [0.717, 1.165) is 11.4 Å². The van der Waals surface area contributed by atoms with Crippen LogP contribution in [0.3, 0.4) is 0 Å². The van der Waals surface area contributed by atoms with Crippen LogP contribution in [0.5, 0.6) is 23.1 Å². The molecule has 7 nitrogen and oxygen atoms in total. The molecule has 0 amide bonds. The van der Waals surface area contributed by atoms with Crippen molar-refractivity contribution in [2.45, 2.75) is 0 Å². The van der Waals surface area contributed by atoms with Crippen LogP contribution >= 0.6 is 0 Å². The first-order valence-corrected chi connectivity index (χ1v) is 7.53. The van der Waals surface area contributed by atoms with Crippen molar-refractivity contribution in [3.8, 4) is 23.1 Å². The molecule has 3 aromatic rings. The standard InChI is InChI=1S/C18H18N4O3/c1-23-12-7-9-13(10-8-12)25-18-16(19)17(20-11-21-18)22-14-5-3-4-6-15(14)24-2/h3-11H,19H2,1-2H3,(H,20,21,22). The zero-order valence-electron chi connectivity index (χ0n) is 13.9. The summed E-state index contributed by atoms with van der Waals surface area (Å²) in [6.45, 7) is 0. The fourth-order valence-corrected chi connectivity index (χ4v) is 2.19. The van der Waals surface area contributed by atoms with Crippen molar-refractivity contribution in [2.75, 3.05) is 25.3 Å². The molecule has 0 saturated carbocycles. The van der Waals surface area contributed by atoms with E-state index in [1.807, 2.05) is 24.3 Å². The van der Waals surface area contributed by atoms with Crippen molar-refractivity contribution in [2.24, 2.45) is 0 Å². The fraction of sp³-hybridized carbons (Fsp3) is 0.111. The fourth-order valence-electron chi connectivity index (χ4n) is 2.19. The van der Waals surface area contributed by atoms with Crippen LogP contribution in [0.1, 0.15) is 0 Å². The summed E-state index contributed by atoms with van der Waals surface area (Å²) < 4.78 is 16.2. The van der Waals surface area contributed by atoms with Crippen LogP contribution in [0.15, 0.2) is 54.9 Å². The number of aromatic nitrogens is 2. The van der Waals surface area contributed by atoms with Crippen molar-refractivity contribution in [1.29, 1.82) is 0 Å². The predicted molar refractivity (Wildman–Crippen MR) is 95.8 cm³/mol. The van der Waals surface area contributed by atoms with E-state index in [0.29, 0.717) is 23.0 Å². The molecule has 3 rings (SSSR count). The van der Waals surface area contributed by atoms with E-state index >= 15 is 0 Å². The summed E-state index contributed by atoms with van der Waals surface area (Å²) in [5, 5.41) is 3.14. The molecular weight excluding hydrogens is 320 g/mol. The Morgan fingerprint density at radius 1 is 0.880 bits per heavy atom. The number of anilines is 3. The lowest BCUT2D eigenvalue weighted by atomic mass is 10.3. The smallest absolute Gasteiger partial charge is 0.248 e. The third-order valence-corrected chi connectivity index (χ3v) is 3.48. The molecule has 0 bridgehead atoms. The van der Waals surface area contributed by atoms with Crippen LogP contribution in [0.4, 0.5) is 17.2 Å².